The van der Waals surface area contributed by atoms with Gasteiger partial charge in [0, 0.05) is 10.4 Å². The maximum atomic E-state index is 11.7. The number of rotatable bonds is 4. The highest BCUT2D eigenvalue weighted by atomic mass is 35.5. The first-order valence-electron chi connectivity index (χ1n) is 5.55. The quantitative estimate of drug-likeness (QED) is 0.802. The minimum Gasteiger partial charge on any atom is -0.456 e. The number of halogens is 1. The van der Waals surface area contributed by atoms with Crippen molar-refractivity contribution in [1.82, 2.24) is 4.98 Å². The summed E-state index contributed by atoms with van der Waals surface area (Å²) in [6.07, 6.45) is 0.896. The number of ether oxygens (including phenoxy) is 1. The lowest BCUT2D eigenvalue weighted by molar-refractivity contribution is 0.0468. The van der Waals surface area contributed by atoms with Crippen molar-refractivity contribution in [2.45, 2.75) is 20.0 Å². The first-order valence-corrected chi connectivity index (χ1v) is 6.80. The van der Waals surface area contributed by atoms with Gasteiger partial charge in [-0.1, -0.05) is 24.6 Å². The summed E-state index contributed by atoms with van der Waals surface area (Å²) < 4.78 is 5.17. The Morgan fingerprint density at radius 1 is 1.50 bits per heavy atom. The molecule has 1 heterocycles. The predicted octanol–water partition coefficient (Wildman–Crippen LogP) is 3.72. The first kappa shape index (κ1) is 13.1. The van der Waals surface area contributed by atoms with Gasteiger partial charge in [-0.2, -0.15) is 0 Å². The van der Waals surface area contributed by atoms with Crippen LogP contribution in [0.3, 0.4) is 0 Å². The molecule has 0 atom stereocenters. The molecule has 5 heteroatoms. The fourth-order valence-electron chi connectivity index (χ4n) is 1.42. The van der Waals surface area contributed by atoms with Gasteiger partial charge >= 0.3 is 5.97 Å². The zero-order chi connectivity index (χ0) is 13.0. The Kier molecular flexibility index (Phi) is 4.33. The molecule has 2 aromatic rings. The average molecular weight is 282 g/mol. The van der Waals surface area contributed by atoms with Crippen LogP contribution in [-0.4, -0.2) is 11.0 Å². The van der Waals surface area contributed by atoms with Gasteiger partial charge in [0.05, 0.1) is 16.3 Å². The molecule has 0 saturated carbocycles. The zero-order valence-electron chi connectivity index (χ0n) is 9.85. The van der Waals surface area contributed by atoms with E-state index in [1.807, 2.05) is 12.3 Å². The van der Waals surface area contributed by atoms with Crippen LogP contribution in [0.4, 0.5) is 0 Å². The van der Waals surface area contributed by atoms with Gasteiger partial charge in [0.25, 0.3) is 0 Å². The minimum absolute atomic E-state index is 0.196. The second-order valence-electron chi connectivity index (χ2n) is 3.67. The number of aromatic nitrogens is 1. The summed E-state index contributed by atoms with van der Waals surface area (Å²) in [6, 6.07) is 6.69. The van der Waals surface area contributed by atoms with Crippen molar-refractivity contribution >= 4 is 28.9 Å². The molecule has 2 rings (SSSR count). The van der Waals surface area contributed by atoms with Gasteiger partial charge in [0.15, 0.2) is 0 Å². The van der Waals surface area contributed by atoms with E-state index in [0.717, 1.165) is 17.1 Å². The van der Waals surface area contributed by atoms with Crippen molar-refractivity contribution in [2.24, 2.45) is 0 Å². The summed E-state index contributed by atoms with van der Waals surface area (Å²) in [6.45, 7) is 2.24. The molecule has 1 aromatic heterocycles. The molecule has 0 bridgehead atoms. The van der Waals surface area contributed by atoms with E-state index in [4.69, 9.17) is 16.3 Å². The minimum atomic E-state index is -0.386. The Morgan fingerprint density at radius 3 is 3.00 bits per heavy atom. The fraction of sp³-hybridized carbons (Fsp3) is 0.231. The lowest BCUT2D eigenvalue weighted by Crippen LogP contribution is -2.05. The third-order valence-electron chi connectivity index (χ3n) is 2.31. The number of thiazole rings is 1. The summed E-state index contributed by atoms with van der Waals surface area (Å²) in [5.74, 6) is -0.386. The topological polar surface area (TPSA) is 39.2 Å². The number of hydrogen-bond acceptors (Lipinski definition) is 4. The smallest absolute Gasteiger partial charge is 0.338 e. The van der Waals surface area contributed by atoms with Crippen LogP contribution in [-0.2, 0) is 17.8 Å². The molecule has 0 radical (unpaired) electrons. The molecule has 3 nitrogen and oxygen atoms in total. The number of benzene rings is 1. The first-order chi connectivity index (χ1) is 8.69. The van der Waals surface area contributed by atoms with E-state index >= 15 is 0 Å². The van der Waals surface area contributed by atoms with E-state index < -0.39 is 0 Å². The number of carbonyl (C=O) groups excluding carboxylic acids is 1. The normalized spacial score (nSPS) is 10.3. The van der Waals surface area contributed by atoms with Gasteiger partial charge in [0.2, 0.25) is 0 Å². The van der Waals surface area contributed by atoms with Gasteiger partial charge in [-0.05, 0) is 24.6 Å². The molecular formula is C13H12ClNO2S. The zero-order valence-corrected chi connectivity index (χ0v) is 11.4. The van der Waals surface area contributed by atoms with Crippen LogP contribution < -0.4 is 0 Å². The van der Waals surface area contributed by atoms with Crippen molar-refractivity contribution in [3.8, 4) is 0 Å². The Morgan fingerprint density at radius 2 is 2.33 bits per heavy atom. The molecular weight excluding hydrogens is 270 g/mol. The third kappa shape index (κ3) is 3.31. The van der Waals surface area contributed by atoms with E-state index in [1.165, 1.54) is 0 Å². The monoisotopic (exact) mass is 281 g/mol. The van der Waals surface area contributed by atoms with Crippen molar-refractivity contribution in [3.63, 3.8) is 0 Å². The Labute approximate surface area is 114 Å². The molecule has 1 aromatic carbocycles. The predicted molar refractivity (Wildman–Crippen MR) is 72.1 cm³/mol. The van der Waals surface area contributed by atoms with E-state index in [9.17, 15) is 4.79 Å². The summed E-state index contributed by atoms with van der Waals surface area (Å²) in [5, 5.41) is 3.47. The number of nitrogens with zero attached hydrogens (tertiary/aromatic N) is 1. The number of hydrogen-bond donors (Lipinski definition) is 0. The molecule has 0 aliphatic rings. The van der Waals surface area contributed by atoms with E-state index in [0.29, 0.717) is 10.6 Å². The summed E-state index contributed by atoms with van der Waals surface area (Å²) in [7, 11) is 0. The van der Waals surface area contributed by atoms with Gasteiger partial charge in [-0.3, -0.25) is 0 Å². The summed E-state index contributed by atoms with van der Waals surface area (Å²) in [4.78, 5) is 16.1. The Hall–Kier alpha value is -1.39. The highest BCUT2D eigenvalue weighted by Crippen LogP contribution is 2.14. The van der Waals surface area contributed by atoms with Gasteiger partial charge < -0.3 is 4.74 Å². The van der Waals surface area contributed by atoms with Crippen molar-refractivity contribution in [2.75, 3.05) is 0 Å². The van der Waals surface area contributed by atoms with Crippen molar-refractivity contribution < 1.29 is 9.53 Å². The maximum absolute atomic E-state index is 11.7. The van der Waals surface area contributed by atoms with Crippen molar-refractivity contribution in [3.05, 3.63) is 50.9 Å². The standard InChI is InChI=1S/C13H12ClNO2S/c1-2-12-15-11(8-18-12)7-17-13(16)9-4-3-5-10(14)6-9/h3-6,8H,2,7H2,1H3. The summed E-state index contributed by atoms with van der Waals surface area (Å²) >= 11 is 7.39. The molecule has 0 aliphatic heterocycles. The summed E-state index contributed by atoms with van der Waals surface area (Å²) in [5.41, 5.74) is 1.24. The highest BCUT2D eigenvalue weighted by Gasteiger charge is 2.09. The number of carbonyl (C=O) groups is 1. The molecule has 0 saturated heterocycles. The molecule has 0 unspecified atom stereocenters. The van der Waals surface area contributed by atoms with E-state index in [2.05, 4.69) is 4.98 Å². The molecule has 0 N–H and O–H groups in total. The van der Waals surface area contributed by atoms with Gasteiger partial charge in [-0.25, -0.2) is 9.78 Å². The van der Waals surface area contributed by atoms with E-state index in [-0.39, 0.29) is 12.6 Å². The van der Waals surface area contributed by atoms with Crippen LogP contribution >= 0.6 is 22.9 Å². The van der Waals surface area contributed by atoms with Crippen LogP contribution in [0, 0.1) is 0 Å². The van der Waals surface area contributed by atoms with Crippen LogP contribution in [0.15, 0.2) is 29.6 Å². The fourth-order valence-corrected chi connectivity index (χ4v) is 2.34. The molecule has 0 amide bonds. The number of aryl methyl sites for hydroxylation is 1. The molecule has 0 spiro atoms. The molecule has 18 heavy (non-hydrogen) atoms. The average Bonchev–Trinajstić information content (AvgIpc) is 2.84. The van der Waals surface area contributed by atoms with Crippen LogP contribution in [0.25, 0.3) is 0 Å². The second-order valence-corrected chi connectivity index (χ2v) is 5.05. The molecule has 0 fully saturated rings. The third-order valence-corrected chi connectivity index (χ3v) is 3.59. The van der Waals surface area contributed by atoms with Crippen LogP contribution in [0.1, 0.15) is 28.0 Å². The van der Waals surface area contributed by atoms with Crippen molar-refractivity contribution in [1.29, 1.82) is 0 Å². The molecule has 0 aliphatic carbocycles. The Balaban J connectivity index is 1.96. The second kappa shape index (κ2) is 5.98. The maximum Gasteiger partial charge on any atom is 0.338 e. The largest absolute Gasteiger partial charge is 0.456 e. The van der Waals surface area contributed by atoms with Crippen LogP contribution in [0.5, 0.6) is 0 Å². The van der Waals surface area contributed by atoms with Gasteiger partial charge in [-0.15, -0.1) is 11.3 Å². The lowest BCUT2D eigenvalue weighted by Gasteiger charge is -2.03. The van der Waals surface area contributed by atoms with E-state index in [1.54, 1.807) is 35.6 Å². The highest BCUT2D eigenvalue weighted by molar-refractivity contribution is 7.09. The SMILES string of the molecule is CCc1nc(COC(=O)c2cccc(Cl)c2)cs1. The number of esters is 1. The molecule has 94 valence electrons. The van der Waals surface area contributed by atoms with Gasteiger partial charge in [0.1, 0.15) is 6.61 Å². The Bertz CT molecular complexity index is 553. The lowest BCUT2D eigenvalue weighted by atomic mass is 10.2. The van der Waals surface area contributed by atoms with Crippen LogP contribution in [0.2, 0.25) is 5.02 Å².